The Morgan fingerprint density at radius 1 is 1.39 bits per heavy atom. The number of hydrogen-bond acceptors (Lipinski definition) is 3. The maximum absolute atomic E-state index is 11.8. The van der Waals surface area contributed by atoms with Crippen molar-refractivity contribution in [3.63, 3.8) is 0 Å². The van der Waals surface area contributed by atoms with Gasteiger partial charge in [0.1, 0.15) is 5.75 Å². The molecule has 0 aromatic heterocycles. The van der Waals surface area contributed by atoms with Crippen molar-refractivity contribution >= 4 is 18.3 Å². The summed E-state index contributed by atoms with van der Waals surface area (Å²) in [6, 6.07) is 7.49. The van der Waals surface area contributed by atoms with Crippen molar-refractivity contribution in [3.05, 3.63) is 29.8 Å². The van der Waals surface area contributed by atoms with Gasteiger partial charge in [-0.15, -0.1) is 12.4 Å². The zero-order chi connectivity index (χ0) is 12.9. The van der Waals surface area contributed by atoms with Crippen LogP contribution >= 0.6 is 12.4 Å². The molecule has 5 heteroatoms. The summed E-state index contributed by atoms with van der Waals surface area (Å²) in [4.78, 5) is 11.8. The van der Waals surface area contributed by atoms with Crippen molar-refractivity contribution in [3.8, 4) is 5.75 Å². The summed E-state index contributed by atoms with van der Waals surface area (Å²) >= 11 is 0. The standard InChI is InChI=1S/C13H20N2O2.ClH/c1-13(2,9-14)15-12(16)8-10-6-4-5-7-11(10)17-3;/h4-7H,8-9,14H2,1-3H3,(H,15,16);1H. The molecule has 0 aliphatic carbocycles. The molecule has 1 aromatic rings. The normalized spacial score (nSPS) is 10.4. The molecule has 0 fully saturated rings. The highest BCUT2D eigenvalue weighted by molar-refractivity contribution is 5.85. The van der Waals surface area contributed by atoms with Gasteiger partial charge in [0.2, 0.25) is 5.91 Å². The van der Waals surface area contributed by atoms with Crippen LogP contribution in [0.1, 0.15) is 19.4 Å². The van der Waals surface area contributed by atoms with E-state index in [1.54, 1.807) is 7.11 Å². The number of nitrogens with one attached hydrogen (secondary N) is 1. The Morgan fingerprint density at radius 2 is 2.00 bits per heavy atom. The lowest BCUT2D eigenvalue weighted by Gasteiger charge is -2.24. The molecule has 0 atom stereocenters. The number of ether oxygens (including phenoxy) is 1. The van der Waals surface area contributed by atoms with E-state index in [4.69, 9.17) is 10.5 Å². The molecule has 0 saturated heterocycles. The van der Waals surface area contributed by atoms with E-state index >= 15 is 0 Å². The van der Waals surface area contributed by atoms with Crippen LogP contribution in [-0.4, -0.2) is 25.1 Å². The first kappa shape index (κ1) is 16.7. The molecule has 0 saturated carbocycles. The molecule has 102 valence electrons. The fraction of sp³-hybridized carbons (Fsp3) is 0.462. The van der Waals surface area contributed by atoms with E-state index in [2.05, 4.69) is 5.32 Å². The van der Waals surface area contributed by atoms with Gasteiger partial charge in [-0.05, 0) is 19.9 Å². The van der Waals surface area contributed by atoms with Gasteiger partial charge in [0.15, 0.2) is 0 Å². The number of amides is 1. The number of carbonyl (C=O) groups excluding carboxylic acids is 1. The molecule has 1 amide bonds. The predicted octanol–water partition coefficient (Wildman–Crippen LogP) is 1.51. The van der Waals surface area contributed by atoms with E-state index in [1.165, 1.54) is 0 Å². The molecule has 0 unspecified atom stereocenters. The Balaban J connectivity index is 0.00000289. The number of halogens is 1. The Bertz CT molecular complexity index is 394. The van der Waals surface area contributed by atoms with Gasteiger partial charge in [-0.2, -0.15) is 0 Å². The van der Waals surface area contributed by atoms with Gasteiger partial charge in [-0.25, -0.2) is 0 Å². The first-order chi connectivity index (χ1) is 7.98. The highest BCUT2D eigenvalue weighted by Crippen LogP contribution is 2.17. The monoisotopic (exact) mass is 272 g/mol. The van der Waals surface area contributed by atoms with Crippen LogP contribution < -0.4 is 15.8 Å². The van der Waals surface area contributed by atoms with Crippen molar-refractivity contribution < 1.29 is 9.53 Å². The molecule has 3 N–H and O–H groups in total. The Labute approximate surface area is 114 Å². The molecule has 18 heavy (non-hydrogen) atoms. The SMILES string of the molecule is COc1ccccc1CC(=O)NC(C)(C)CN.Cl. The molecule has 0 bridgehead atoms. The van der Waals surface area contributed by atoms with Gasteiger partial charge >= 0.3 is 0 Å². The molecule has 0 aliphatic heterocycles. The summed E-state index contributed by atoms with van der Waals surface area (Å²) in [6.07, 6.45) is 0.299. The van der Waals surface area contributed by atoms with Crippen molar-refractivity contribution in [2.75, 3.05) is 13.7 Å². The lowest BCUT2D eigenvalue weighted by molar-refractivity contribution is -0.121. The zero-order valence-corrected chi connectivity index (χ0v) is 11.8. The summed E-state index contributed by atoms with van der Waals surface area (Å²) in [7, 11) is 1.60. The second kappa shape index (κ2) is 7.24. The quantitative estimate of drug-likeness (QED) is 0.854. The zero-order valence-electron chi connectivity index (χ0n) is 11.0. The highest BCUT2D eigenvalue weighted by atomic mass is 35.5. The molecule has 0 radical (unpaired) electrons. The summed E-state index contributed by atoms with van der Waals surface area (Å²) in [6.45, 7) is 4.20. The average molecular weight is 273 g/mol. The minimum atomic E-state index is -0.376. The summed E-state index contributed by atoms with van der Waals surface area (Å²) < 4.78 is 5.20. The average Bonchev–Trinajstić information content (AvgIpc) is 2.29. The third-order valence-electron chi connectivity index (χ3n) is 2.53. The van der Waals surface area contributed by atoms with Crippen molar-refractivity contribution in [2.45, 2.75) is 25.8 Å². The van der Waals surface area contributed by atoms with Crippen LogP contribution in [0.15, 0.2) is 24.3 Å². The number of hydrogen-bond donors (Lipinski definition) is 2. The molecule has 4 nitrogen and oxygen atoms in total. The topological polar surface area (TPSA) is 64.3 Å². The van der Waals surface area contributed by atoms with E-state index in [0.29, 0.717) is 13.0 Å². The van der Waals surface area contributed by atoms with Crippen molar-refractivity contribution in [2.24, 2.45) is 5.73 Å². The molecule has 1 rings (SSSR count). The molecule has 0 spiro atoms. The summed E-state index contributed by atoms with van der Waals surface area (Å²) in [5.41, 5.74) is 6.06. The fourth-order valence-corrected chi connectivity index (χ4v) is 1.49. The molecule has 0 heterocycles. The number of methoxy groups -OCH3 is 1. The number of rotatable bonds is 5. The van der Waals surface area contributed by atoms with Crippen molar-refractivity contribution in [1.82, 2.24) is 5.32 Å². The fourth-order valence-electron chi connectivity index (χ4n) is 1.49. The Hall–Kier alpha value is -1.26. The van der Waals surface area contributed by atoms with Crippen LogP contribution in [0.2, 0.25) is 0 Å². The second-order valence-electron chi connectivity index (χ2n) is 4.62. The van der Waals surface area contributed by atoms with Crippen LogP contribution in [0.25, 0.3) is 0 Å². The number of nitrogens with two attached hydrogens (primary N) is 1. The number of benzene rings is 1. The van der Waals surface area contributed by atoms with Gasteiger partial charge in [-0.3, -0.25) is 4.79 Å². The number of carbonyl (C=O) groups is 1. The minimum Gasteiger partial charge on any atom is -0.496 e. The summed E-state index contributed by atoms with van der Waals surface area (Å²) in [5.74, 6) is 0.679. The maximum atomic E-state index is 11.8. The van der Waals surface area contributed by atoms with Crippen LogP contribution in [0.5, 0.6) is 5.75 Å². The van der Waals surface area contributed by atoms with Gasteiger partial charge in [0.25, 0.3) is 0 Å². The largest absolute Gasteiger partial charge is 0.496 e. The first-order valence-electron chi connectivity index (χ1n) is 5.61. The van der Waals surface area contributed by atoms with Crippen LogP contribution in [-0.2, 0) is 11.2 Å². The van der Waals surface area contributed by atoms with Crippen LogP contribution in [0, 0.1) is 0 Å². The van der Waals surface area contributed by atoms with E-state index in [1.807, 2.05) is 38.1 Å². The second-order valence-corrected chi connectivity index (χ2v) is 4.62. The lowest BCUT2D eigenvalue weighted by atomic mass is 10.0. The first-order valence-corrected chi connectivity index (χ1v) is 5.61. The smallest absolute Gasteiger partial charge is 0.225 e. The van der Waals surface area contributed by atoms with Crippen LogP contribution in [0.3, 0.4) is 0 Å². The van der Waals surface area contributed by atoms with Gasteiger partial charge in [0.05, 0.1) is 13.5 Å². The summed E-state index contributed by atoms with van der Waals surface area (Å²) in [5, 5.41) is 2.89. The molecule has 0 aliphatic rings. The Morgan fingerprint density at radius 3 is 2.56 bits per heavy atom. The maximum Gasteiger partial charge on any atom is 0.225 e. The van der Waals surface area contributed by atoms with Gasteiger partial charge in [-0.1, -0.05) is 18.2 Å². The van der Waals surface area contributed by atoms with Crippen molar-refractivity contribution in [1.29, 1.82) is 0 Å². The van der Waals surface area contributed by atoms with E-state index in [9.17, 15) is 4.79 Å². The van der Waals surface area contributed by atoms with Gasteiger partial charge < -0.3 is 15.8 Å². The molecule has 1 aromatic carbocycles. The van der Waals surface area contributed by atoms with E-state index in [0.717, 1.165) is 11.3 Å². The van der Waals surface area contributed by atoms with E-state index < -0.39 is 0 Å². The third-order valence-corrected chi connectivity index (χ3v) is 2.53. The predicted molar refractivity (Wildman–Crippen MR) is 75.2 cm³/mol. The highest BCUT2D eigenvalue weighted by Gasteiger charge is 2.18. The third kappa shape index (κ3) is 4.94. The van der Waals surface area contributed by atoms with Crippen LogP contribution in [0.4, 0.5) is 0 Å². The number of para-hydroxylation sites is 1. The lowest BCUT2D eigenvalue weighted by Crippen LogP contribution is -2.49. The molecular weight excluding hydrogens is 252 g/mol. The molecular formula is C13H21ClN2O2. The van der Waals surface area contributed by atoms with E-state index in [-0.39, 0.29) is 23.9 Å². The van der Waals surface area contributed by atoms with Gasteiger partial charge in [0, 0.05) is 17.6 Å². The minimum absolute atomic E-state index is 0. The Kier molecular flexibility index (Phi) is 6.73.